The summed E-state index contributed by atoms with van der Waals surface area (Å²) in [5.74, 6) is -12.7. The van der Waals surface area contributed by atoms with E-state index in [1.54, 1.807) is 26.0 Å². The van der Waals surface area contributed by atoms with Gasteiger partial charge in [-0.3, -0.25) is 28.8 Å². The van der Waals surface area contributed by atoms with Crippen molar-refractivity contribution in [2.45, 2.75) is 44.6 Å². The topological polar surface area (TPSA) is 169 Å². The van der Waals surface area contributed by atoms with E-state index in [2.05, 4.69) is 0 Å². The SMILES string of the molecule is CCC(=O)C[C@H]1[C@H]2C(C(=O)c3c(O)cccc3[C@@H]2C)C(=O)[C@]2(O)C(=O)C(C(N)=O)C(=O)C[C@H]12. The van der Waals surface area contributed by atoms with Gasteiger partial charge in [-0.2, -0.15) is 0 Å². The Morgan fingerprint density at radius 3 is 2.42 bits per heavy atom. The van der Waals surface area contributed by atoms with Crippen LogP contribution in [-0.2, 0) is 24.0 Å². The number of aliphatic hydroxyl groups is 1. The van der Waals surface area contributed by atoms with E-state index in [4.69, 9.17) is 5.73 Å². The lowest BCUT2D eigenvalue weighted by Gasteiger charge is -2.54. The number of ketones is 5. The van der Waals surface area contributed by atoms with E-state index >= 15 is 0 Å². The summed E-state index contributed by atoms with van der Waals surface area (Å²) in [6.07, 6.45) is -0.482. The maximum atomic E-state index is 13.7. The first-order valence-electron chi connectivity index (χ1n) is 11.0. The number of Topliss-reactive ketones (excluding diaryl/α,β-unsaturated/α-hetero) is 5. The van der Waals surface area contributed by atoms with Gasteiger partial charge in [-0.05, 0) is 29.4 Å². The number of hydrogen-bond acceptors (Lipinski definition) is 8. The number of carbonyl (C=O) groups is 6. The smallest absolute Gasteiger partial charge is 0.235 e. The number of primary amides is 1. The average molecular weight is 455 g/mol. The van der Waals surface area contributed by atoms with Crippen molar-refractivity contribution in [2.75, 3.05) is 0 Å². The van der Waals surface area contributed by atoms with Crippen LogP contribution in [-0.4, -0.2) is 50.6 Å². The molecule has 1 amide bonds. The van der Waals surface area contributed by atoms with Gasteiger partial charge in [0.25, 0.3) is 0 Å². The molecule has 1 aromatic carbocycles. The second-order valence-corrected chi connectivity index (χ2v) is 9.32. The standard InChI is InChI=1S/C24H25NO8/c1-3-10(26)7-12-13-8-15(28)18(23(25)32)21(30)24(13,33)22(31)19-16(12)9(2)11-5-4-6-14(27)17(11)20(19)29/h4-6,9,12-13,16,18-19,27,33H,3,7-8H2,1-2H3,(H2,25,32)/t9-,12+,13+,16-,18?,19?,24+/m0/s1. The molecule has 1 aromatic rings. The van der Waals surface area contributed by atoms with Gasteiger partial charge in [0.1, 0.15) is 11.5 Å². The van der Waals surface area contributed by atoms with Crippen molar-refractivity contribution in [2.24, 2.45) is 35.3 Å². The van der Waals surface area contributed by atoms with E-state index in [0.717, 1.165) is 0 Å². The van der Waals surface area contributed by atoms with Crippen LogP contribution >= 0.6 is 0 Å². The fourth-order valence-corrected chi connectivity index (χ4v) is 6.22. The molecule has 0 spiro atoms. The van der Waals surface area contributed by atoms with E-state index in [1.807, 2.05) is 0 Å². The molecule has 0 aromatic heterocycles. The number of phenolic OH excluding ortho intramolecular Hbond substituents is 1. The first-order valence-corrected chi connectivity index (χ1v) is 11.0. The number of carbonyl (C=O) groups excluding carboxylic acids is 6. The van der Waals surface area contributed by atoms with E-state index in [-0.39, 0.29) is 29.9 Å². The summed E-state index contributed by atoms with van der Waals surface area (Å²) in [6.45, 7) is 3.39. The van der Waals surface area contributed by atoms with Crippen LogP contribution in [0.15, 0.2) is 18.2 Å². The molecule has 2 fully saturated rings. The Morgan fingerprint density at radius 1 is 1.15 bits per heavy atom. The van der Waals surface area contributed by atoms with Crippen molar-refractivity contribution in [1.82, 2.24) is 0 Å². The summed E-state index contributed by atoms with van der Waals surface area (Å²) >= 11 is 0. The molecule has 9 heteroatoms. The highest BCUT2D eigenvalue weighted by Crippen LogP contribution is 2.57. The van der Waals surface area contributed by atoms with Crippen LogP contribution < -0.4 is 5.73 Å². The Balaban J connectivity index is 1.94. The van der Waals surface area contributed by atoms with Gasteiger partial charge in [0.15, 0.2) is 34.7 Å². The average Bonchev–Trinajstić information content (AvgIpc) is 2.75. The monoisotopic (exact) mass is 455 g/mol. The first-order chi connectivity index (χ1) is 15.5. The van der Waals surface area contributed by atoms with Gasteiger partial charge in [0, 0.05) is 25.2 Å². The van der Waals surface area contributed by atoms with Gasteiger partial charge in [-0.15, -0.1) is 0 Å². The van der Waals surface area contributed by atoms with Gasteiger partial charge in [0.2, 0.25) is 5.91 Å². The Labute approximate surface area is 189 Å². The molecule has 0 bridgehead atoms. The van der Waals surface area contributed by atoms with Crippen molar-refractivity contribution < 1.29 is 39.0 Å². The lowest BCUT2D eigenvalue weighted by atomic mass is 9.47. The summed E-state index contributed by atoms with van der Waals surface area (Å²) in [6, 6.07) is 4.52. The van der Waals surface area contributed by atoms with E-state index in [9.17, 15) is 39.0 Å². The van der Waals surface area contributed by atoms with Gasteiger partial charge in [-0.1, -0.05) is 26.0 Å². The minimum Gasteiger partial charge on any atom is -0.507 e. The highest BCUT2D eigenvalue weighted by Gasteiger charge is 2.69. The van der Waals surface area contributed by atoms with Gasteiger partial charge in [-0.25, -0.2) is 0 Å². The lowest BCUT2D eigenvalue weighted by molar-refractivity contribution is -0.183. The summed E-state index contributed by atoms with van der Waals surface area (Å²) < 4.78 is 0. The minimum absolute atomic E-state index is 0.0620. The molecular formula is C24H25NO8. The van der Waals surface area contributed by atoms with E-state index < -0.39 is 76.6 Å². The normalized spacial score (nSPS) is 35.5. The summed E-state index contributed by atoms with van der Waals surface area (Å²) in [4.78, 5) is 77.3. The Bertz CT molecular complexity index is 1120. The molecule has 2 unspecified atom stereocenters. The molecule has 4 rings (SSSR count). The largest absolute Gasteiger partial charge is 0.507 e. The maximum Gasteiger partial charge on any atom is 0.235 e. The van der Waals surface area contributed by atoms with Crippen LogP contribution in [0.4, 0.5) is 0 Å². The molecule has 9 nitrogen and oxygen atoms in total. The number of rotatable bonds is 4. The second-order valence-electron chi connectivity index (χ2n) is 9.32. The number of hydrogen-bond donors (Lipinski definition) is 3. The quantitative estimate of drug-likeness (QED) is 0.551. The zero-order valence-corrected chi connectivity index (χ0v) is 18.2. The number of phenols is 1. The number of aromatic hydroxyl groups is 1. The Kier molecular flexibility index (Phi) is 5.35. The van der Waals surface area contributed by atoms with Crippen LogP contribution in [0.5, 0.6) is 5.75 Å². The minimum atomic E-state index is -2.80. The van der Waals surface area contributed by atoms with Crippen molar-refractivity contribution in [3.8, 4) is 5.75 Å². The summed E-state index contributed by atoms with van der Waals surface area (Å²) in [5, 5.41) is 21.8. The van der Waals surface area contributed by atoms with E-state index in [1.165, 1.54) is 6.07 Å². The van der Waals surface area contributed by atoms with Crippen LogP contribution in [0.1, 0.15) is 54.9 Å². The van der Waals surface area contributed by atoms with Crippen molar-refractivity contribution in [3.05, 3.63) is 29.3 Å². The number of amides is 1. The highest BCUT2D eigenvalue weighted by molar-refractivity contribution is 6.31. The van der Waals surface area contributed by atoms with E-state index in [0.29, 0.717) is 5.56 Å². The number of fused-ring (bicyclic) bond motifs is 3. The molecule has 7 atom stereocenters. The van der Waals surface area contributed by atoms with Crippen molar-refractivity contribution in [3.63, 3.8) is 0 Å². The molecular weight excluding hydrogens is 430 g/mol. The third-order valence-electron chi connectivity index (χ3n) is 7.79. The molecule has 0 saturated heterocycles. The lowest BCUT2D eigenvalue weighted by Crippen LogP contribution is -2.71. The third-order valence-corrected chi connectivity index (χ3v) is 7.79. The zero-order chi connectivity index (χ0) is 24.4. The summed E-state index contributed by atoms with van der Waals surface area (Å²) in [5.41, 5.74) is 2.85. The van der Waals surface area contributed by atoms with Gasteiger partial charge < -0.3 is 15.9 Å². The number of benzene rings is 1. The molecule has 174 valence electrons. The summed E-state index contributed by atoms with van der Waals surface area (Å²) in [7, 11) is 0. The Morgan fingerprint density at radius 2 is 1.82 bits per heavy atom. The molecule has 4 N–H and O–H groups in total. The molecule has 0 heterocycles. The van der Waals surface area contributed by atoms with Crippen LogP contribution in [0.25, 0.3) is 0 Å². The fraction of sp³-hybridized carbons (Fsp3) is 0.500. The first kappa shape index (κ1) is 23.0. The Hall–Kier alpha value is -3.20. The van der Waals surface area contributed by atoms with Crippen LogP contribution in [0.3, 0.4) is 0 Å². The van der Waals surface area contributed by atoms with Gasteiger partial charge in [0.05, 0.1) is 11.5 Å². The fourth-order valence-electron chi connectivity index (χ4n) is 6.22. The predicted octanol–water partition coefficient (Wildman–Crippen LogP) is 0.483. The predicted molar refractivity (Wildman–Crippen MR) is 112 cm³/mol. The van der Waals surface area contributed by atoms with Crippen LogP contribution in [0, 0.1) is 29.6 Å². The molecule has 2 saturated carbocycles. The van der Waals surface area contributed by atoms with Crippen molar-refractivity contribution in [1.29, 1.82) is 0 Å². The molecule has 3 aliphatic carbocycles. The van der Waals surface area contributed by atoms with Gasteiger partial charge >= 0.3 is 0 Å². The molecule has 3 aliphatic rings. The molecule has 0 aliphatic heterocycles. The van der Waals surface area contributed by atoms with Crippen molar-refractivity contribution >= 4 is 34.8 Å². The number of nitrogens with two attached hydrogens (primary N) is 1. The molecule has 33 heavy (non-hydrogen) atoms. The third kappa shape index (κ3) is 3.02. The molecule has 0 radical (unpaired) electrons. The maximum absolute atomic E-state index is 13.7. The van der Waals surface area contributed by atoms with Crippen LogP contribution in [0.2, 0.25) is 0 Å². The second kappa shape index (κ2) is 7.69. The highest BCUT2D eigenvalue weighted by atomic mass is 16.3. The zero-order valence-electron chi connectivity index (χ0n) is 18.2.